The highest BCUT2D eigenvalue weighted by Gasteiger charge is 2.28. The summed E-state index contributed by atoms with van der Waals surface area (Å²) in [5.41, 5.74) is -0.481. The van der Waals surface area contributed by atoms with Crippen LogP contribution in [-0.4, -0.2) is 49.8 Å². The fraction of sp³-hybridized carbons (Fsp3) is 0.929. The number of rotatable bonds is 10. The van der Waals surface area contributed by atoms with E-state index in [1.54, 1.807) is 7.11 Å². The van der Waals surface area contributed by atoms with Crippen LogP contribution in [-0.2, 0) is 4.74 Å². The summed E-state index contributed by atoms with van der Waals surface area (Å²) in [4.78, 5) is 2.37. The van der Waals surface area contributed by atoms with Gasteiger partial charge in [0.2, 0.25) is 0 Å². The van der Waals surface area contributed by atoms with Gasteiger partial charge in [-0.05, 0) is 26.3 Å². The molecule has 4 heteroatoms. The second-order valence-electron chi connectivity index (χ2n) is 4.91. The Morgan fingerprint density at radius 2 is 1.94 bits per heavy atom. The molecule has 106 valence electrons. The second kappa shape index (κ2) is 9.32. The third-order valence-electron chi connectivity index (χ3n) is 3.37. The van der Waals surface area contributed by atoms with Gasteiger partial charge < -0.3 is 4.74 Å². The molecule has 4 nitrogen and oxygen atoms in total. The molecule has 0 rings (SSSR count). The van der Waals surface area contributed by atoms with Crippen molar-refractivity contribution < 1.29 is 4.74 Å². The lowest BCUT2D eigenvalue weighted by Crippen LogP contribution is -2.53. The van der Waals surface area contributed by atoms with Gasteiger partial charge in [0.25, 0.3) is 0 Å². The van der Waals surface area contributed by atoms with Crippen LogP contribution in [0.2, 0.25) is 0 Å². The average Bonchev–Trinajstić information content (AvgIpc) is 2.37. The van der Waals surface area contributed by atoms with Crippen LogP contribution in [0.5, 0.6) is 0 Å². The van der Waals surface area contributed by atoms with Crippen LogP contribution in [0.4, 0.5) is 0 Å². The van der Waals surface area contributed by atoms with Crippen molar-refractivity contribution in [1.29, 1.82) is 5.26 Å². The maximum absolute atomic E-state index is 9.35. The highest BCUT2D eigenvalue weighted by atomic mass is 16.5. The molecule has 1 atom stereocenters. The maximum atomic E-state index is 9.35. The zero-order chi connectivity index (χ0) is 14.0. The summed E-state index contributed by atoms with van der Waals surface area (Å²) < 4.78 is 5.17. The van der Waals surface area contributed by atoms with Crippen molar-refractivity contribution >= 4 is 0 Å². The smallest absolute Gasteiger partial charge is 0.116 e. The molecule has 0 fully saturated rings. The molecule has 0 aromatic rings. The molecule has 0 aliphatic carbocycles. The number of nitrogens with zero attached hydrogens (tertiary/aromatic N) is 2. The van der Waals surface area contributed by atoms with E-state index in [2.05, 4.69) is 30.1 Å². The molecule has 0 aromatic carbocycles. The monoisotopic (exact) mass is 255 g/mol. The molecule has 0 spiro atoms. The molecular formula is C14H29N3O. The minimum Gasteiger partial charge on any atom is -0.383 e. The van der Waals surface area contributed by atoms with Gasteiger partial charge in [-0.15, -0.1) is 0 Å². The summed E-state index contributed by atoms with van der Waals surface area (Å²) in [6.45, 7) is 11.6. The first-order valence-corrected chi connectivity index (χ1v) is 6.96. The van der Waals surface area contributed by atoms with Crippen molar-refractivity contribution in [2.75, 3.05) is 33.4 Å². The molecule has 0 heterocycles. The SMILES string of the molecule is CCNC(C)(C#N)CN(CCOC)C(CC)CC. The summed E-state index contributed by atoms with van der Waals surface area (Å²) in [7, 11) is 1.72. The Bertz CT molecular complexity index is 248. The number of nitriles is 1. The highest BCUT2D eigenvalue weighted by molar-refractivity contribution is 5.06. The number of hydrogen-bond acceptors (Lipinski definition) is 4. The molecule has 1 unspecified atom stereocenters. The van der Waals surface area contributed by atoms with Crippen LogP contribution in [0.25, 0.3) is 0 Å². The van der Waals surface area contributed by atoms with Gasteiger partial charge in [-0.2, -0.15) is 5.26 Å². The number of hydrogen-bond donors (Lipinski definition) is 1. The van der Waals surface area contributed by atoms with Crippen LogP contribution in [0.15, 0.2) is 0 Å². The van der Waals surface area contributed by atoms with Crippen LogP contribution in [0.1, 0.15) is 40.5 Å². The molecule has 1 N–H and O–H groups in total. The lowest BCUT2D eigenvalue weighted by atomic mass is 10.0. The Kier molecular flexibility index (Phi) is 8.99. The lowest BCUT2D eigenvalue weighted by molar-refractivity contribution is 0.0995. The Balaban J connectivity index is 4.69. The first kappa shape index (κ1) is 17.4. The van der Waals surface area contributed by atoms with Crippen molar-refractivity contribution in [1.82, 2.24) is 10.2 Å². The maximum Gasteiger partial charge on any atom is 0.116 e. The van der Waals surface area contributed by atoms with Crippen molar-refractivity contribution in [3.63, 3.8) is 0 Å². The predicted octanol–water partition coefficient (Wildman–Crippen LogP) is 2.02. The van der Waals surface area contributed by atoms with E-state index >= 15 is 0 Å². The van der Waals surface area contributed by atoms with Gasteiger partial charge in [0.15, 0.2) is 0 Å². The van der Waals surface area contributed by atoms with Gasteiger partial charge in [-0.25, -0.2) is 0 Å². The number of ether oxygens (including phenoxy) is 1. The van der Waals surface area contributed by atoms with E-state index in [9.17, 15) is 5.26 Å². The molecule has 0 aliphatic heterocycles. The van der Waals surface area contributed by atoms with Crippen LogP contribution in [0, 0.1) is 11.3 Å². The Morgan fingerprint density at radius 3 is 2.33 bits per heavy atom. The minimum absolute atomic E-state index is 0.481. The van der Waals surface area contributed by atoms with Gasteiger partial charge in [-0.1, -0.05) is 20.8 Å². The van der Waals surface area contributed by atoms with E-state index in [0.717, 1.165) is 32.5 Å². The summed E-state index contributed by atoms with van der Waals surface area (Å²) in [5.74, 6) is 0. The van der Waals surface area contributed by atoms with E-state index < -0.39 is 5.54 Å². The van der Waals surface area contributed by atoms with Gasteiger partial charge in [0.1, 0.15) is 5.54 Å². The quantitative estimate of drug-likeness (QED) is 0.649. The van der Waals surface area contributed by atoms with E-state index in [4.69, 9.17) is 4.74 Å². The summed E-state index contributed by atoms with van der Waals surface area (Å²) >= 11 is 0. The van der Waals surface area contributed by atoms with Crippen molar-refractivity contribution in [2.45, 2.75) is 52.1 Å². The third-order valence-corrected chi connectivity index (χ3v) is 3.37. The fourth-order valence-corrected chi connectivity index (χ4v) is 2.33. The molecule has 0 saturated heterocycles. The van der Waals surface area contributed by atoms with Gasteiger partial charge in [-0.3, -0.25) is 10.2 Å². The van der Waals surface area contributed by atoms with Crippen LogP contribution < -0.4 is 5.32 Å². The Morgan fingerprint density at radius 1 is 1.33 bits per heavy atom. The molecule has 0 radical (unpaired) electrons. The highest BCUT2D eigenvalue weighted by Crippen LogP contribution is 2.13. The van der Waals surface area contributed by atoms with Crippen molar-refractivity contribution in [3.8, 4) is 6.07 Å². The largest absolute Gasteiger partial charge is 0.383 e. The molecular weight excluding hydrogens is 226 g/mol. The van der Waals surface area contributed by atoms with Gasteiger partial charge in [0, 0.05) is 26.2 Å². The van der Waals surface area contributed by atoms with Gasteiger partial charge in [0.05, 0.1) is 12.7 Å². The zero-order valence-corrected chi connectivity index (χ0v) is 12.6. The number of nitrogens with one attached hydrogen (secondary N) is 1. The Labute approximate surface area is 112 Å². The van der Waals surface area contributed by atoms with Crippen LogP contribution >= 0.6 is 0 Å². The van der Waals surface area contributed by atoms with Crippen molar-refractivity contribution in [3.05, 3.63) is 0 Å². The predicted molar refractivity (Wildman–Crippen MR) is 75.5 cm³/mol. The first-order chi connectivity index (χ1) is 8.56. The standard InChI is InChI=1S/C14H29N3O/c1-6-13(7-2)17(9-10-18-5)12-14(4,11-15)16-8-3/h13,16H,6-10,12H2,1-5H3. The molecule has 0 bridgehead atoms. The molecule has 0 saturated carbocycles. The zero-order valence-electron chi connectivity index (χ0n) is 12.6. The van der Waals surface area contributed by atoms with E-state index in [1.165, 1.54) is 0 Å². The average molecular weight is 255 g/mol. The molecule has 0 amide bonds. The van der Waals surface area contributed by atoms with E-state index in [1.807, 2.05) is 13.8 Å². The van der Waals surface area contributed by atoms with Crippen molar-refractivity contribution in [2.24, 2.45) is 0 Å². The normalized spacial score (nSPS) is 14.8. The lowest BCUT2D eigenvalue weighted by Gasteiger charge is -2.36. The third kappa shape index (κ3) is 5.81. The Hall–Kier alpha value is -0.630. The minimum atomic E-state index is -0.481. The van der Waals surface area contributed by atoms with Crippen LogP contribution in [0.3, 0.4) is 0 Å². The molecule has 18 heavy (non-hydrogen) atoms. The first-order valence-electron chi connectivity index (χ1n) is 6.96. The van der Waals surface area contributed by atoms with E-state index in [-0.39, 0.29) is 0 Å². The topological polar surface area (TPSA) is 48.3 Å². The number of likely N-dealkylation sites (N-methyl/N-ethyl adjacent to an activating group) is 1. The summed E-state index contributed by atoms with van der Waals surface area (Å²) in [6, 6.07) is 2.92. The van der Waals surface area contributed by atoms with E-state index in [0.29, 0.717) is 12.6 Å². The second-order valence-corrected chi connectivity index (χ2v) is 4.91. The summed E-state index contributed by atoms with van der Waals surface area (Å²) in [6.07, 6.45) is 2.21. The molecule has 0 aromatic heterocycles. The fourth-order valence-electron chi connectivity index (χ4n) is 2.33. The summed E-state index contributed by atoms with van der Waals surface area (Å²) in [5, 5.41) is 12.6. The number of methoxy groups -OCH3 is 1. The molecule has 0 aliphatic rings. The van der Waals surface area contributed by atoms with Gasteiger partial charge >= 0.3 is 0 Å².